The molecule has 0 fully saturated rings. The van der Waals surface area contributed by atoms with Gasteiger partial charge in [0.05, 0.1) is 21.2 Å². The van der Waals surface area contributed by atoms with Crippen LogP contribution in [0.3, 0.4) is 0 Å². The van der Waals surface area contributed by atoms with Gasteiger partial charge in [-0.3, -0.25) is 4.98 Å². The van der Waals surface area contributed by atoms with Gasteiger partial charge in [-0.05, 0) is 22.0 Å². The molecule has 0 aliphatic rings. The van der Waals surface area contributed by atoms with Crippen molar-refractivity contribution in [2.75, 3.05) is 5.73 Å². The molecule has 0 bridgehead atoms. The molecule has 1 aromatic heterocycles. The number of para-hydroxylation sites is 1. The second kappa shape index (κ2) is 3.62. The number of nitrogens with two attached hydrogens (primary N) is 1. The highest BCUT2D eigenvalue weighted by molar-refractivity contribution is 9.10. The third kappa shape index (κ3) is 1.73. The molecule has 84 valence electrons. The highest BCUT2D eigenvalue weighted by Gasteiger charge is 2.33. The lowest BCUT2D eigenvalue weighted by atomic mass is 10.1. The summed E-state index contributed by atoms with van der Waals surface area (Å²) in [5.41, 5.74) is 5.03. The lowest BCUT2D eigenvalue weighted by Gasteiger charge is -2.11. The molecule has 0 amide bonds. The lowest BCUT2D eigenvalue weighted by molar-refractivity contribution is -0.136. The van der Waals surface area contributed by atoms with Gasteiger partial charge in [-0.25, -0.2) is 0 Å². The van der Waals surface area contributed by atoms with Crippen molar-refractivity contribution in [2.45, 2.75) is 6.18 Å². The van der Waals surface area contributed by atoms with Crippen LogP contribution in [0.5, 0.6) is 0 Å². The Hall–Kier alpha value is -1.30. The van der Waals surface area contributed by atoms with Gasteiger partial charge in [0.1, 0.15) is 0 Å². The van der Waals surface area contributed by atoms with E-state index < -0.39 is 11.7 Å². The number of rotatable bonds is 0. The minimum absolute atomic E-state index is 0.129. The Morgan fingerprint density at radius 1 is 1.25 bits per heavy atom. The highest BCUT2D eigenvalue weighted by atomic mass is 79.9. The summed E-state index contributed by atoms with van der Waals surface area (Å²) < 4.78 is 38.5. The molecule has 0 aliphatic heterocycles. The fraction of sp³-hybridized carbons (Fsp3) is 0.100. The van der Waals surface area contributed by atoms with Crippen LogP contribution in [0.25, 0.3) is 10.9 Å². The molecular weight excluding hydrogens is 285 g/mol. The minimum Gasteiger partial charge on any atom is -0.397 e. The van der Waals surface area contributed by atoms with Crippen LogP contribution >= 0.6 is 15.9 Å². The van der Waals surface area contributed by atoms with Crippen molar-refractivity contribution in [3.8, 4) is 0 Å². The second-order valence-corrected chi connectivity index (χ2v) is 4.07. The SMILES string of the molecule is Nc1c(Br)cnc2c(C(F)(F)F)cccc12. The molecule has 0 unspecified atom stereocenters. The van der Waals surface area contributed by atoms with Crippen LogP contribution in [-0.2, 0) is 6.18 Å². The summed E-state index contributed by atoms with van der Waals surface area (Å²) >= 11 is 3.12. The number of alkyl halides is 3. The van der Waals surface area contributed by atoms with Crippen molar-refractivity contribution in [3.63, 3.8) is 0 Å². The van der Waals surface area contributed by atoms with E-state index in [4.69, 9.17) is 5.73 Å². The summed E-state index contributed by atoms with van der Waals surface area (Å²) in [6.07, 6.45) is -3.15. The molecule has 1 heterocycles. The lowest BCUT2D eigenvalue weighted by Crippen LogP contribution is -2.07. The molecule has 2 rings (SSSR count). The average molecular weight is 291 g/mol. The zero-order valence-electron chi connectivity index (χ0n) is 7.85. The normalized spacial score (nSPS) is 12.0. The van der Waals surface area contributed by atoms with E-state index in [0.29, 0.717) is 9.86 Å². The summed E-state index contributed by atoms with van der Waals surface area (Å²) in [6, 6.07) is 3.82. The Kier molecular flexibility index (Phi) is 2.53. The van der Waals surface area contributed by atoms with Gasteiger partial charge in [-0.1, -0.05) is 12.1 Å². The summed E-state index contributed by atoms with van der Waals surface area (Å²) in [5, 5.41) is 0.296. The number of halogens is 4. The zero-order chi connectivity index (χ0) is 11.9. The number of nitrogen functional groups attached to an aromatic ring is 1. The second-order valence-electron chi connectivity index (χ2n) is 3.22. The first-order chi connectivity index (χ1) is 7.41. The Labute approximate surface area is 97.4 Å². The number of fused-ring (bicyclic) bond motifs is 1. The summed E-state index contributed by atoms with van der Waals surface area (Å²) in [6.45, 7) is 0. The van der Waals surface area contributed by atoms with Crippen molar-refractivity contribution < 1.29 is 13.2 Å². The van der Waals surface area contributed by atoms with Crippen LogP contribution in [0, 0.1) is 0 Å². The van der Waals surface area contributed by atoms with Crippen molar-refractivity contribution in [1.82, 2.24) is 4.98 Å². The van der Waals surface area contributed by atoms with Gasteiger partial charge >= 0.3 is 6.18 Å². The van der Waals surface area contributed by atoms with Gasteiger partial charge in [-0.2, -0.15) is 13.2 Å². The number of hydrogen-bond donors (Lipinski definition) is 1. The number of benzene rings is 1. The van der Waals surface area contributed by atoms with Gasteiger partial charge in [-0.15, -0.1) is 0 Å². The minimum atomic E-state index is -4.42. The Morgan fingerprint density at radius 3 is 2.56 bits per heavy atom. The molecular formula is C10H6BrF3N2. The number of pyridine rings is 1. The first kappa shape index (κ1) is 11.2. The van der Waals surface area contributed by atoms with Crippen LogP contribution < -0.4 is 5.73 Å². The predicted molar refractivity (Wildman–Crippen MR) is 58.9 cm³/mol. The standard InChI is InChI=1S/C10H6BrF3N2/c11-7-4-16-9-5(8(7)15)2-1-3-6(9)10(12,13)14/h1-4H,(H2,15,16). The molecule has 0 spiro atoms. The zero-order valence-corrected chi connectivity index (χ0v) is 9.43. The molecule has 6 heteroatoms. The molecule has 0 saturated heterocycles. The van der Waals surface area contributed by atoms with Gasteiger partial charge < -0.3 is 5.73 Å². The number of hydrogen-bond acceptors (Lipinski definition) is 2. The Bertz CT molecular complexity index is 551. The van der Waals surface area contributed by atoms with E-state index in [1.54, 1.807) is 0 Å². The molecule has 2 aromatic rings. The average Bonchev–Trinajstić information content (AvgIpc) is 2.21. The third-order valence-electron chi connectivity index (χ3n) is 2.20. The smallest absolute Gasteiger partial charge is 0.397 e. The van der Waals surface area contributed by atoms with Gasteiger partial charge in [0.2, 0.25) is 0 Å². The maximum atomic E-state index is 12.7. The van der Waals surface area contributed by atoms with Crippen LogP contribution in [-0.4, -0.2) is 4.98 Å². The van der Waals surface area contributed by atoms with Crippen LogP contribution in [0.1, 0.15) is 5.56 Å². The fourth-order valence-electron chi connectivity index (χ4n) is 1.45. The largest absolute Gasteiger partial charge is 0.418 e. The third-order valence-corrected chi connectivity index (χ3v) is 2.83. The monoisotopic (exact) mass is 290 g/mol. The Balaban J connectivity index is 2.85. The summed E-state index contributed by atoms with van der Waals surface area (Å²) in [4.78, 5) is 3.76. The molecule has 0 aliphatic carbocycles. The van der Waals surface area contributed by atoms with Gasteiger partial charge in [0, 0.05) is 11.6 Å². The number of aromatic nitrogens is 1. The van der Waals surface area contributed by atoms with Crippen molar-refractivity contribution >= 4 is 32.5 Å². The van der Waals surface area contributed by atoms with Gasteiger partial charge in [0.15, 0.2) is 0 Å². The molecule has 2 nitrogen and oxygen atoms in total. The summed E-state index contributed by atoms with van der Waals surface area (Å²) in [5.74, 6) is 0. The first-order valence-corrected chi connectivity index (χ1v) is 5.10. The van der Waals surface area contributed by atoms with E-state index in [1.165, 1.54) is 18.3 Å². The summed E-state index contributed by atoms with van der Waals surface area (Å²) in [7, 11) is 0. The van der Waals surface area contributed by atoms with Crippen molar-refractivity contribution in [3.05, 3.63) is 34.4 Å². The molecule has 0 radical (unpaired) electrons. The van der Waals surface area contributed by atoms with Crippen molar-refractivity contribution in [2.24, 2.45) is 0 Å². The molecule has 1 aromatic carbocycles. The predicted octanol–water partition coefficient (Wildman–Crippen LogP) is 3.60. The molecule has 0 atom stereocenters. The topological polar surface area (TPSA) is 38.9 Å². The van der Waals surface area contributed by atoms with Crippen LogP contribution in [0.4, 0.5) is 18.9 Å². The first-order valence-electron chi connectivity index (χ1n) is 4.31. The van der Waals surface area contributed by atoms with E-state index >= 15 is 0 Å². The van der Waals surface area contributed by atoms with Crippen molar-refractivity contribution in [1.29, 1.82) is 0 Å². The molecule has 16 heavy (non-hydrogen) atoms. The van der Waals surface area contributed by atoms with E-state index in [-0.39, 0.29) is 11.2 Å². The number of anilines is 1. The van der Waals surface area contributed by atoms with E-state index in [2.05, 4.69) is 20.9 Å². The van der Waals surface area contributed by atoms with Crippen LogP contribution in [0.15, 0.2) is 28.9 Å². The van der Waals surface area contributed by atoms with E-state index in [9.17, 15) is 13.2 Å². The molecule has 2 N–H and O–H groups in total. The van der Waals surface area contributed by atoms with Crippen LogP contribution in [0.2, 0.25) is 0 Å². The maximum Gasteiger partial charge on any atom is 0.418 e. The fourth-order valence-corrected chi connectivity index (χ4v) is 1.76. The highest BCUT2D eigenvalue weighted by Crippen LogP contribution is 2.36. The van der Waals surface area contributed by atoms with E-state index in [1.807, 2.05) is 0 Å². The quantitative estimate of drug-likeness (QED) is 0.805. The number of nitrogens with zero attached hydrogens (tertiary/aromatic N) is 1. The Morgan fingerprint density at radius 2 is 1.94 bits per heavy atom. The van der Waals surface area contributed by atoms with E-state index in [0.717, 1.165) is 6.07 Å². The maximum absolute atomic E-state index is 12.7. The van der Waals surface area contributed by atoms with Gasteiger partial charge in [0.25, 0.3) is 0 Å². The molecule has 0 saturated carbocycles.